The van der Waals surface area contributed by atoms with Gasteiger partial charge in [-0.2, -0.15) is 4.39 Å². The van der Waals surface area contributed by atoms with Crippen molar-refractivity contribution in [1.82, 2.24) is 4.90 Å². The highest BCUT2D eigenvalue weighted by molar-refractivity contribution is 5.97. The van der Waals surface area contributed by atoms with Crippen LogP contribution in [0.25, 0.3) is 0 Å². The minimum Gasteiger partial charge on any atom is -0.480 e. The molecule has 2 rings (SSSR count). The molecule has 7 nitrogen and oxygen atoms in total. The quantitative estimate of drug-likeness (QED) is 0.674. The van der Waals surface area contributed by atoms with E-state index in [2.05, 4.69) is 0 Å². The van der Waals surface area contributed by atoms with Crippen LogP contribution in [0.2, 0.25) is 0 Å². The number of carbonyl (C=O) groups is 2. The molecule has 0 saturated carbocycles. The Morgan fingerprint density at radius 2 is 2.00 bits per heavy atom. The van der Waals surface area contributed by atoms with Crippen LogP contribution in [0.1, 0.15) is 23.2 Å². The molecule has 0 aromatic heterocycles. The smallest absolute Gasteiger partial charge is 0.326 e. The number of nitro groups is 1. The van der Waals surface area contributed by atoms with Crippen molar-refractivity contribution in [3.8, 4) is 0 Å². The van der Waals surface area contributed by atoms with Gasteiger partial charge in [0.1, 0.15) is 11.9 Å². The van der Waals surface area contributed by atoms with Crippen LogP contribution in [-0.2, 0) is 4.79 Å². The molecule has 1 aromatic carbocycles. The first-order valence-electron chi connectivity index (χ1n) is 6.00. The molecule has 1 atom stereocenters. The van der Waals surface area contributed by atoms with Crippen molar-refractivity contribution < 1.29 is 28.4 Å². The summed E-state index contributed by atoms with van der Waals surface area (Å²) in [5.74, 6) is -4.90. The summed E-state index contributed by atoms with van der Waals surface area (Å²) in [5, 5.41) is 19.6. The monoisotopic (exact) mass is 300 g/mol. The van der Waals surface area contributed by atoms with Gasteiger partial charge >= 0.3 is 11.7 Å². The Balaban J connectivity index is 2.41. The van der Waals surface area contributed by atoms with Crippen molar-refractivity contribution in [3.05, 3.63) is 39.4 Å². The lowest BCUT2D eigenvalue weighted by atomic mass is 10.1. The molecule has 1 unspecified atom stereocenters. The van der Waals surface area contributed by atoms with Crippen LogP contribution in [0.15, 0.2) is 12.1 Å². The summed E-state index contributed by atoms with van der Waals surface area (Å²) in [6.07, 6.45) is 0.638. The minimum atomic E-state index is -1.40. The molecular weight excluding hydrogens is 290 g/mol. The molecule has 1 aliphatic heterocycles. The highest BCUT2D eigenvalue weighted by Crippen LogP contribution is 2.26. The first kappa shape index (κ1) is 14.8. The molecule has 0 spiro atoms. The second-order valence-electron chi connectivity index (χ2n) is 4.54. The summed E-state index contributed by atoms with van der Waals surface area (Å²) < 4.78 is 26.9. The number of nitrogens with zero attached hydrogens (tertiary/aromatic N) is 2. The summed E-state index contributed by atoms with van der Waals surface area (Å²) in [4.78, 5) is 33.6. The van der Waals surface area contributed by atoms with Crippen LogP contribution in [-0.4, -0.2) is 39.4 Å². The van der Waals surface area contributed by atoms with Crippen LogP contribution < -0.4 is 0 Å². The molecule has 0 radical (unpaired) electrons. The molecule has 1 fully saturated rings. The van der Waals surface area contributed by atoms with E-state index >= 15 is 0 Å². The lowest BCUT2D eigenvalue weighted by molar-refractivity contribution is -0.387. The third-order valence-electron chi connectivity index (χ3n) is 3.26. The van der Waals surface area contributed by atoms with Gasteiger partial charge in [0.25, 0.3) is 5.91 Å². The molecule has 9 heteroatoms. The van der Waals surface area contributed by atoms with Gasteiger partial charge in [-0.05, 0) is 12.8 Å². The van der Waals surface area contributed by atoms with Crippen molar-refractivity contribution in [2.75, 3.05) is 6.54 Å². The largest absolute Gasteiger partial charge is 0.480 e. The molecule has 1 aliphatic rings. The summed E-state index contributed by atoms with van der Waals surface area (Å²) in [6.45, 7) is 0.0976. The average molecular weight is 300 g/mol. The van der Waals surface area contributed by atoms with E-state index < -0.39 is 45.7 Å². The summed E-state index contributed by atoms with van der Waals surface area (Å²) >= 11 is 0. The number of aliphatic carboxylic acids is 1. The van der Waals surface area contributed by atoms with Crippen LogP contribution in [0.5, 0.6) is 0 Å². The molecule has 1 saturated heterocycles. The normalized spacial score (nSPS) is 17.8. The number of nitro benzene ring substituents is 1. The molecule has 0 bridgehead atoms. The SMILES string of the molecule is O=C(O)C1CCCN1C(=O)c1cc([N+](=O)[O-])c(F)cc1F. The molecule has 112 valence electrons. The summed E-state index contributed by atoms with van der Waals surface area (Å²) in [7, 11) is 0. The van der Waals surface area contributed by atoms with Crippen molar-refractivity contribution in [2.24, 2.45) is 0 Å². The zero-order valence-electron chi connectivity index (χ0n) is 10.6. The highest BCUT2D eigenvalue weighted by atomic mass is 19.1. The van der Waals surface area contributed by atoms with Gasteiger partial charge < -0.3 is 10.0 Å². The van der Waals surface area contributed by atoms with Gasteiger partial charge in [0, 0.05) is 18.7 Å². The van der Waals surface area contributed by atoms with Crippen LogP contribution >= 0.6 is 0 Å². The van der Waals surface area contributed by atoms with Gasteiger partial charge in [-0.1, -0.05) is 0 Å². The van der Waals surface area contributed by atoms with E-state index in [9.17, 15) is 28.5 Å². The Morgan fingerprint density at radius 1 is 1.33 bits per heavy atom. The summed E-state index contributed by atoms with van der Waals surface area (Å²) in [6, 6.07) is -0.373. The number of halogens is 2. The first-order valence-corrected chi connectivity index (χ1v) is 6.00. The number of carboxylic acid groups (broad SMARTS) is 1. The number of hydrogen-bond donors (Lipinski definition) is 1. The molecule has 1 aromatic rings. The topological polar surface area (TPSA) is 101 Å². The van der Waals surface area contributed by atoms with E-state index in [1.54, 1.807) is 0 Å². The third kappa shape index (κ3) is 2.67. The lowest BCUT2D eigenvalue weighted by Crippen LogP contribution is -2.40. The van der Waals surface area contributed by atoms with E-state index in [1.807, 2.05) is 0 Å². The second-order valence-corrected chi connectivity index (χ2v) is 4.54. The average Bonchev–Trinajstić information content (AvgIpc) is 2.86. The summed E-state index contributed by atoms with van der Waals surface area (Å²) in [5.41, 5.74) is -1.75. The van der Waals surface area contributed by atoms with Gasteiger partial charge in [-0.3, -0.25) is 14.9 Å². The fourth-order valence-electron chi connectivity index (χ4n) is 2.26. The number of benzene rings is 1. The Hall–Kier alpha value is -2.58. The number of hydrogen-bond acceptors (Lipinski definition) is 4. The van der Waals surface area contributed by atoms with Crippen LogP contribution in [0.3, 0.4) is 0 Å². The predicted molar refractivity (Wildman–Crippen MR) is 64.7 cm³/mol. The molecule has 1 amide bonds. The minimum absolute atomic E-state index is 0.0976. The molecule has 1 N–H and O–H groups in total. The maximum absolute atomic E-state index is 13.7. The number of rotatable bonds is 3. The van der Waals surface area contributed by atoms with Crippen molar-refractivity contribution in [3.63, 3.8) is 0 Å². The van der Waals surface area contributed by atoms with E-state index in [4.69, 9.17) is 5.11 Å². The Kier molecular flexibility index (Phi) is 3.83. The molecular formula is C12H10F2N2O5. The van der Waals surface area contributed by atoms with E-state index in [-0.39, 0.29) is 19.0 Å². The zero-order valence-corrected chi connectivity index (χ0v) is 10.6. The van der Waals surface area contributed by atoms with Crippen LogP contribution in [0, 0.1) is 21.7 Å². The Morgan fingerprint density at radius 3 is 2.57 bits per heavy atom. The molecule has 0 aliphatic carbocycles. The van der Waals surface area contributed by atoms with Crippen molar-refractivity contribution >= 4 is 17.6 Å². The van der Waals surface area contributed by atoms with Gasteiger partial charge in [0.2, 0.25) is 5.82 Å². The maximum Gasteiger partial charge on any atom is 0.326 e. The Bertz CT molecular complexity index is 634. The Labute approximate surface area is 116 Å². The fraction of sp³-hybridized carbons (Fsp3) is 0.333. The van der Waals surface area contributed by atoms with Crippen molar-refractivity contribution in [1.29, 1.82) is 0 Å². The first-order chi connectivity index (χ1) is 9.82. The van der Waals surface area contributed by atoms with Crippen LogP contribution in [0.4, 0.5) is 14.5 Å². The number of likely N-dealkylation sites (tertiary alicyclic amines) is 1. The predicted octanol–water partition coefficient (Wildman–Crippen LogP) is 1.56. The second kappa shape index (κ2) is 5.43. The number of amides is 1. The maximum atomic E-state index is 13.7. The lowest BCUT2D eigenvalue weighted by Gasteiger charge is -2.21. The van der Waals surface area contributed by atoms with Gasteiger partial charge in [0.05, 0.1) is 10.5 Å². The molecule has 1 heterocycles. The molecule has 21 heavy (non-hydrogen) atoms. The van der Waals surface area contributed by atoms with Gasteiger partial charge in [-0.25, -0.2) is 9.18 Å². The van der Waals surface area contributed by atoms with E-state index in [1.165, 1.54) is 0 Å². The van der Waals surface area contributed by atoms with Gasteiger partial charge in [0.15, 0.2) is 0 Å². The standard InChI is InChI=1S/C12H10F2N2O5/c13-7-5-8(14)10(16(20)21)4-6(7)11(17)15-3-1-2-9(15)12(18)19/h4-5,9H,1-3H2,(H,18,19). The van der Waals surface area contributed by atoms with E-state index in [0.717, 1.165) is 4.90 Å². The number of carboxylic acids is 1. The fourth-order valence-corrected chi connectivity index (χ4v) is 2.26. The van der Waals surface area contributed by atoms with Gasteiger partial charge in [-0.15, -0.1) is 0 Å². The van der Waals surface area contributed by atoms with Crippen molar-refractivity contribution in [2.45, 2.75) is 18.9 Å². The third-order valence-corrected chi connectivity index (χ3v) is 3.26. The van der Waals surface area contributed by atoms with E-state index in [0.29, 0.717) is 12.5 Å². The zero-order chi connectivity index (χ0) is 15.7. The number of carbonyl (C=O) groups excluding carboxylic acids is 1. The highest BCUT2D eigenvalue weighted by Gasteiger charge is 2.36.